The molecule has 0 aliphatic carbocycles. The van der Waals surface area contributed by atoms with Gasteiger partial charge in [0.25, 0.3) is 0 Å². The van der Waals surface area contributed by atoms with Crippen LogP contribution in [0, 0.1) is 11.3 Å². The molecule has 0 radical (unpaired) electrons. The minimum Gasteiger partial charge on any atom is -0.341 e. The van der Waals surface area contributed by atoms with E-state index in [0.717, 1.165) is 4.31 Å². The average molecular weight is 428 g/mol. The Morgan fingerprint density at radius 2 is 1.59 bits per heavy atom. The fraction of sp³-hybridized carbons (Fsp3) is 0.688. The van der Waals surface area contributed by atoms with Crippen LogP contribution < -0.4 is 20.3 Å². The zero-order valence-electron chi connectivity index (χ0n) is 17.6. The maximum Gasteiger partial charge on any atom is 0.336 e. The van der Waals surface area contributed by atoms with E-state index in [1.54, 1.807) is 27.7 Å². The van der Waals surface area contributed by atoms with Gasteiger partial charge < -0.3 is 10.2 Å². The van der Waals surface area contributed by atoms with Crippen molar-refractivity contribution in [3.05, 3.63) is 0 Å². The fourth-order valence-electron chi connectivity index (χ4n) is 2.30. The third kappa shape index (κ3) is 6.99. The van der Waals surface area contributed by atoms with Crippen LogP contribution in [0.15, 0.2) is 0 Å². The second kappa shape index (κ2) is 10.2. The van der Waals surface area contributed by atoms with E-state index in [4.69, 9.17) is 0 Å². The van der Waals surface area contributed by atoms with E-state index in [2.05, 4.69) is 31.7 Å². The van der Waals surface area contributed by atoms with Gasteiger partial charge in [-0.1, -0.05) is 13.8 Å². The Morgan fingerprint density at radius 1 is 1.03 bits per heavy atom. The van der Waals surface area contributed by atoms with Crippen LogP contribution >= 0.6 is 0 Å². The van der Waals surface area contributed by atoms with Crippen molar-refractivity contribution < 1.29 is 13.2 Å². The quantitative estimate of drug-likeness (QED) is 0.498. The van der Waals surface area contributed by atoms with Crippen LogP contribution in [-0.4, -0.2) is 65.4 Å². The fourth-order valence-corrected chi connectivity index (χ4v) is 3.40. The van der Waals surface area contributed by atoms with Gasteiger partial charge in [0.05, 0.1) is 6.07 Å². The topological polar surface area (TPSA) is 156 Å². The summed E-state index contributed by atoms with van der Waals surface area (Å²) in [5, 5.41) is 14.4. The van der Waals surface area contributed by atoms with Gasteiger partial charge in [0, 0.05) is 26.2 Å². The van der Waals surface area contributed by atoms with Crippen molar-refractivity contribution in [3.8, 4) is 6.07 Å². The molecule has 2 amide bonds. The van der Waals surface area contributed by atoms with E-state index in [1.165, 1.54) is 0 Å². The highest BCUT2D eigenvalue weighted by Gasteiger charge is 2.23. The molecule has 1 aromatic heterocycles. The summed E-state index contributed by atoms with van der Waals surface area (Å²) < 4.78 is 27.4. The van der Waals surface area contributed by atoms with E-state index >= 15 is 0 Å². The van der Waals surface area contributed by atoms with Gasteiger partial charge in [0.15, 0.2) is 0 Å². The van der Waals surface area contributed by atoms with Gasteiger partial charge in [-0.3, -0.25) is 5.32 Å². The number of rotatable bonds is 10. The van der Waals surface area contributed by atoms with Crippen LogP contribution in [0.1, 0.15) is 41.5 Å². The number of carbonyl (C=O) groups excluding carboxylic acids is 1. The van der Waals surface area contributed by atoms with Crippen LogP contribution in [-0.2, 0) is 10.2 Å². The minimum absolute atomic E-state index is 0.0790. The number of hydrogen-bond acceptors (Lipinski definition) is 9. The summed E-state index contributed by atoms with van der Waals surface area (Å²) in [5.41, 5.74) is -0.965. The summed E-state index contributed by atoms with van der Waals surface area (Å²) in [4.78, 5) is 26.6. The van der Waals surface area contributed by atoms with E-state index in [1.807, 2.05) is 23.5 Å². The van der Waals surface area contributed by atoms with Gasteiger partial charge in [-0.05, 0) is 27.7 Å². The molecule has 29 heavy (non-hydrogen) atoms. The average Bonchev–Trinajstić information content (AvgIpc) is 2.62. The van der Waals surface area contributed by atoms with Crippen LogP contribution in [0.4, 0.5) is 22.6 Å². The molecule has 0 aliphatic heterocycles. The summed E-state index contributed by atoms with van der Waals surface area (Å²) in [6.07, 6.45) is 0. The van der Waals surface area contributed by atoms with Crippen LogP contribution in [0.25, 0.3) is 0 Å². The van der Waals surface area contributed by atoms with Crippen molar-refractivity contribution in [1.82, 2.24) is 24.0 Å². The summed E-state index contributed by atoms with van der Waals surface area (Å²) in [6, 6.07) is 1.07. The molecule has 0 aromatic carbocycles. The number of aromatic nitrogens is 3. The Labute approximate surface area is 171 Å². The third-order valence-electron chi connectivity index (χ3n) is 3.87. The lowest BCUT2D eigenvalue weighted by atomic mass is 10.1. The van der Waals surface area contributed by atoms with Crippen LogP contribution in [0.2, 0.25) is 0 Å². The molecular formula is C16H29N9O3S. The van der Waals surface area contributed by atoms with Gasteiger partial charge in [-0.15, -0.1) is 0 Å². The first-order valence-electron chi connectivity index (χ1n) is 9.31. The molecule has 12 nitrogen and oxygen atoms in total. The molecular weight excluding hydrogens is 398 g/mol. The monoisotopic (exact) mass is 427 g/mol. The lowest BCUT2D eigenvalue weighted by Gasteiger charge is -2.22. The number of nitrogens with one attached hydrogen (secondary N) is 3. The number of amides is 2. The number of nitriles is 1. The van der Waals surface area contributed by atoms with Crippen LogP contribution in [0.5, 0.6) is 0 Å². The molecule has 0 saturated carbocycles. The molecule has 1 heterocycles. The van der Waals surface area contributed by atoms with Crippen molar-refractivity contribution in [3.63, 3.8) is 0 Å². The number of hydrogen-bond donors (Lipinski definition) is 3. The van der Waals surface area contributed by atoms with E-state index in [9.17, 15) is 18.5 Å². The highest BCUT2D eigenvalue weighted by atomic mass is 32.2. The first-order chi connectivity index (χ1) is 13.5. The van der Waals surface area contributed by atoms with Gasteiger partial charge in [0.1, 0.15) is 5.54 Å². The number of anilines is 3. The number of urea groups is 1. The Kier molecular flexibility index (Phi) is 8.53. The molecule has 13 heteroatoms. The lowest BCUT2D eigenvalue weighted by Crippen LogP contribution is -2.45. The Hall–Kier alpha value is -2.72. The smallest absolute Gasteiger partial charge is 0.336 e. The first kappa shape index (κ1) is 24.3. The maximum atomic E-state index is 12.2. The van der Waals surface area contributed by atoms with E-state index in [-0.39, 0.29) is 30.9 Å². The molecule has 0 unspecified atom stereocenters. The maximum absolute atomic E-state index is 12.2. The van der Waals surface area contributed by atoms with Gasteiger partial charge in [0.2, 0.25) is 17.8 Å². The second-order valence-electron chi connectivity index (χ2n) is 6.46. The van der Waals surface area contributed by atoms with Crippen LogP contribution in [0.3, 0.4) is 0 Å². The van der Waals surface area contributed by atoms with E-state index in [0.29, 0.717) is 13.1 Å². The van der Waals surface area contributed by atoms with Crippen molar-refractivity contribution >= 4 is 34.1 Å². The zero-order valence-corrected chi connectivity index (χ0v) is 18.5. The Balaban J connectivity index is 3.17. The predicted octanol–water partition coefficient (Wildman–Crippen LogP) is 1.14. The normalized spacial score (nSPS) is 11.7. The van der Waals surface area contributed by atoms with Gasteiger partial charge in [-0.25, -0.2) is 9.52 Å². The summed E-state index contributed by atoms with van der Waals surface area (Å²) in [7, 11) is -3.99. The standard InChI is InChI=1S/C16H29N9O3S/c1-7-24(8-2)14-19-12(18-13(20-14)22-16(5,6)11-17)21-15(26)23-29(27,28)25(9-3)10-4/h7-10H2,1-6H3,(H3,18,19,20,21,22,23,26). The summed E-state index contributed by atoms with van der Waals surface area (Å²) in [6.45, 7) is 12.1. The molecule has 0 atom stereocenters. The SMILES string of the molecule is CCN(CC)c1nc(NC(=O)NS(=O)(=O)N(CC)CC)nc(NC(C)(C)C#N)n1. The van der Waals surface area contributed by atoms with Crippen molar-refractivity contribution in [2.24, 2.45) is 0 Å². The summed E-state index contributed by atoms with van der Waals surface area (Å²) >= 11 is 0. The molecule has 0 fully saturated rings. The molecule has 0 saturated heterocycles. The lowest BCUT2D eigenvalue weighted by molar-refractivity contribution is 0.255. The molecule has 162 valence electrons. The molecule has 1 rings (SSSR count). The number of carbonyl (C=O) groups is 1. The van der Waals surface area contributed by atoms with E-state index < -0.39 is 21.8 Å². The molecule has 0 spiro atoms. The summed E-state index contributed by atoms with van der Waals surface area (Å²) in [5.74, 6) is 0.212. The first-order valence-corrected chi connectivity index (χ1v) is 10.7. The molecule has 3 N–H and O–H groups in total. The second-order valence-corrected chi connectivity index (χ2v) is 8.13. The minimum atomic E-state index is -3.99. The van der Waals surface area contributed by atoms with Gasteiger partial charge in [-0.2, -0.15) is 32.9 Å². The highest BCUT2D eigenvalue weighted by Crippen LogP contribution is 2.17. The van der Waals surface area contributed by atoms with Crippen molar-refractivity contribution in [1.29, 1.82) is 5.26 Å². The Bertz CT molecular complexity index is 844. The zero-order chi connectivity index (χ0) is 22.2. The van der Waals surface area contributed by atoms with Crippen molar-refractivity contribution in [2.45, 2.75) is 47.1 Å². The van der Waals surface area contributed by atoms with Gasteiger partial charge >= 0.3 is 16.2 Å². The third-order valence-corrected chi connectivity index (χ3v) is 5.51. The number of nitrogens with zero attached hydrogens (tertiary/aromatic N) is 6. The molecule has 0 bridgehead atoms. The predicted molar refractivity (Wildman–Crippen MR) is 111 cm³/mol. The highest BCUT2D eigenvalue weighted by molar-refractivity contribution is 7.87. The molecule has 0 aliphatic rings. The Morgan fingerprint density at radius 3 is 2.07 bits per heavy atom. The van der Waals surface area contributed by atoms with Crippen molar-refractivity contribution in [2.75, 3.05) is 41.7 Å². The largest absolute Gasteiger partial charge is 0.341 e. The molecule has 1 aromatic rings.